The van der Waals surface area contributed by atoms with Crippen LogP contribution in [0.3, 0.4) is 0 Å². The molecule has 38 heavy (non-hydrogen) atoms. The first kappa shape index (κ1) is 23.9. The number of morpholine rings is 1. The zero-order valence-electron chi connectivity index (χ0n) is 22.1. The number of hydrogen-bond acceptors (Lipinski definition) is 8. The molecule has 0 unspecified atom stereocenters. The lowest BCUT2D eigenvalue weighted by atomic mass is 10.1. The van der Waals surface area contributed by atoms with E-state index in [0.717, 1.165) is 85.4 Å². The molecule has 3 aromatic heterocycles. The third-order valence-corrected chi connectivity index (χ3v) is 8.22. The number of rotatable bonds is 6. The molecule has 1 aromatic carbocycles. The first-order valence-electron chi connectivity index (χ1n) is 13.7. The van der Waals surface area contributed by atoms with Crippen molar-refractivity contribution in [2.45, 2.75) is 38.5 Å². The Morgan fingerprint density at radius 2 is 1.79 bits per heavy atom. The van der Waals surface area contributed by atoms with E-state index in [0.29, 0.717) is 38.2 Å². The molecule has 0 spiro atoms. The number of hydrogen-bond donors (Lipinski definition) is 0. The van der Waals surface area contributed by atoms with Gasteiger partial charge in [-0.2, -0.15) is 9.97 Å². The summed E-state index contributed by atoms with van der Waals surface area (Å²) in [6.45, 7) is 9.06. The van der Waals surface area contributed by atoms with Gasteiger partial charge in [-0.25, -0.2) is 14.4 Å². The average molecular weight is 520 g/mol. The molecule has 6 heterocycles. The van der Waals surface area contributed by atoms with Crippen molar-refractivity contribution in [3.63, 3.8) is 0 Å². The van der Waals surface area contributed by atoms with Crippen LogP contribution in [0.2, 0.25) is 0 Å². The number of aryl methyl sites for hydroxylation is 2. The van der Waals surface area contributed by atoms with Crippen LogP contribution in [0, 0.1) is 0 Å². The van der Waals surface area contributed by atoms with Crippen molar-refractivity contribution in [2.75, 3.05) is 57.4 Å². The Labute approximate surface area is 221 Å². The maximum Gasteiger partial charge on any atom is 0.239 e. The van der Waals surface area contributed by atoms with Crippen molar-refractivity contribution in [1.29, 1.82) is 0 Å². The highest BCUT2D eigenvalue weighted by Crippen LogP contribution is 2.30. The summed E-state index contributed by atoms with van der Waals surface area (Å²) >= 11 is 0. The number of anilines is 1. The van der Waals surface area contributed by atoms with Crippen LogP contribution in [0.25, 0.3) is 28.1 Å². The predicted octanol–water partition coefficient (Wildman–Crippen LogP) is 2.33. The number of para-hydroxylation sites is 2. The van der Waals surface area contributed by atoms with Crippen LogP contribution in [0.5, 0.6) is 0 Å². The fourth-order valence-corrected chi connectivity index (χ4v) is 6.03. The molecule has 0 radical (unpaired) electrons. The van der Waals surface area contributed by atoms with Gasteiger partial charge < -0.3 is 14.2 Å². The van der Waals surface area contributed by atoms with E-state index < -0.39 is 6.17 Å². The standard InChI is InChI=1S/C27H34FN9O/c1-3-22-29-20-6-4-5-7-21(20)37(22)27-31-25-24(26(32-27)35-10-12-38-13-11-35)30-23(33(25)2)17-34-15-19(16-34)36-9-8-18(28)14-36/h4-7,18-19H,3,8-17H2,1-2H3/t18-/m1/s1. The first-order valence-corrected chi connectivity index (χ1v) is 13.7. The lowest BCUT2D eigenvalue weighted by Crippen LogP contribution is -2.58. The zero-order valence-corrected chi connectivity index (χ0v) is 22.1. The topological polar surface area (TPSA) is 80.4 Å². The molecule has 0 N–H and O–H groups in total. The van der Waals surface area contributed by atoms with Crippen LogP contribution in [0.4, 0.5) is 10.2 Å². The lowest BCUT2D eigenvalue weighted by molar-refractivity contribution is 0.0368. The Hall–Kier alpha value is -3.15. The Bertz CT molecular complexity index is 1470. The van der Waals surface area contributed by atoms with Crippen LogP contribution in [-0.4, -0.2) is 104 Å². The fraction of sp³-hybridized carbons (Fsp3) is 0.556. The Kier molecular flexibility index (Phi) is 6.01. The number of imidazole rings is 2. The van der Waals surface area contributed by atoms with Crippen molar-refractivity contribution in [3.05, 3.63) is 35.9 Å². The van der Waals surface area contributed by atoms with Crippen molar-refractivity contribution in [1.82, 2.24) is 38.9 Å². The molecule has 0 bridgehead atoms. The van der Waals surface area contributed by atoms with Gasteiger partial charge in [0.25, 0.3) is 0 Å². The smallest absolute Gasteiger partial charge is 0.239 e. The van der Waals surface area contributed by atoms with Gasteiger partial charge in [0.15, 0.2) is 17.0 Å². The molecule has 4 aromatic rings. The van der Waals surface area contributed by atoms with Crippen molar-refractivity contribution < 1.29 is 9.13 Å². The normalized spacial score (nSPS) is 21.7. The van der Waals surface area contributed by atoms with E-state index in [1.807, 2.05) is 25.2 Å². The molecule has 200 valence electrons. The van der Waals surface area contributed by atoms with Gasteiger partial charge in [0.05, 0.1) is 30.8 Å². The van der Waals surface area contributed by atoms with Crippen LogP contribution in [-0.2, 0) is 24.8 Å². The van der Waals surface area contributed by atoms with Crippen LogP contribution >= 0.6 is 0 Å². The molecule has 3 aliphatic rings. The highest BCUT2D eigenvalue weighted by atomic mass is 19.1. The second-order valence-electron chi connectivity index (χ2n) is 10.6. The first-order chi connectivity index (χ1) is 18.6. The van der Waals surface area contributed by atoms with E-state index in [1.54, 1.807) is 0 Å². The van der Waals surface area contributed by atoms with Crippen molar-refractivity contribution in [2.24, 2.45) is 7.05 Å². The number of nitrogens with zero attached hydrogens (tertiary/aromatic N) is 9. The molecule has 0 aliphatic carbocycles. The largest absolute Gasteiger partial charge is 0.378 e. The number of halogens is 1. The summed E-state index contributed by atoms with van der Waals surface area (Å²) in [7, 11) is 2.04. The minimum absolute atomic E-state index is 0.447. The third-order valence-electron chi connectivity index (χ3n) is 8.22. The quantitative estimate of drug-likeness (QED) is 0.384. The van der Waals surface area contributed by atoms with Crippen LogP contribution in [0.15, 0.2) is 24.3 Å². The minimum Gasteiger partial charge on any atom is -0.378 e. The van der Waals surface area contributed by atoms with Crippen LogP contribution < -0.4 is 4.90 Å². The number of alkyl halides is 1. The van der Waals surface area contributed by atoms with E-state index in [2.05, 4.69) is 36.8 Å². The van der Waals surface area contributed by atoms with Gasteiger partial charge in [0.2, 0.25) is 5.95 Å². The zero-order chi connectivity index (χ0) is 25.8. The second-order valence-corrected chi connectivity index (χ2v) is 10.6. The molecule has 0 saturated carbocycles. The maximum absolute atomic E-state index is 13.7. The molecule has 7 rings (SSSR count). The van der Waals surface area contributed by atoms with Gasteiger partial charge in [-0.05, 0) is 18.6 Å². The summed E-state index contributed by atoms with van der Waals surface area (Å²) in [4.78, 5) is 27.1. The molecule has 0 amide bonds. The predicted molar refractivity (Wildman–Crippen MR) is 143 cm³/mol. The highest BCUT2D eigenvalue weighted by molar-refractivity contribution is 5.86. The van der Waals surface area contributed by atoms with Crippen LogP contribution in [0.1, 0.15) is 25.0 Å². The van der Waals surface area contributed by atoms with Crippen molar-refractivity contribution >= 4 is 28.0 Å². The van der Waals surface area contributed by atoms with E-state index >= 15 is 0 Å². The number of benzene rings is 1. The summed E-state index contributed by atoms with van der Waals surface area (Å²) in [6.07, 6.45) is 0.769. The third kappa shape index (κ3) is 4.04. The summed E-state index contributed by atoms with van der Waals surface area (Å²) < 4.78 is 23.5. The summed E-state index contributed by atoms with van der Waals surface area (Å²) in [5, 5.41) is 0. The second kappa shape index (κ2) is 9.55. The average Bonchev–Trinajstić information content (AvgIpc) is 3.61. The van der Waals surface area contributed by atoms with Gasteiger partial charge in [-0.1, -0.05) is 19.1 Å². The van der Waals surface area contributed by atoms with E-state index in [-0.39, 0.29) is 0 Å². The highest BCUT2D eigenvalue weighted by Gasteiger charge is 2.36. The van der Waals surface area contributed by atoms with E-state index in [1.165, 1.54) is 0 Å². The van der Waals surface area contributed by atoms with Gasteiger partial charge in [-0.3, -0.25) is 14.4 Å². The van der Waals surface area contributed by atoms with Gasteiger partial charge in [-0.15, -0.1) is 0 Å². The Morgan fingerprint density at radius 3 is 2.55 bits per heavy atom. The van der Waals surface area contributed by atoms with Crippen molar-refractivity contribution in [3.8, 4) is 5.95 Å². The monoisotopic (exact) mass is 519 g/mol. The van der Waals surface area contributed by atoms with Gasteiger partial charge in [0.1, 0.15) is 17.8 Å². The fourth-order valence-electron chi connectivity index (χ4n) is 6.03. The van der Waals surface area contributed by atoms with Gasteiger partial charge >= 0.3 is 0 Å². The van der Waals surface area contributed by atoms with Gasteiger partial charge in [0, 0.05) is 58.8 Å². The number of fused-ring (bicyclic) bond motifs is 2. The molecule has 10 nitrogen and oxygen atoms in total. The van der Waals surface area contributed by atoms with E-state index in [4.69, 9.17) is 24.7 Å². The number of ether oxygens (including phenoxy) is 1. The number of likely N-dealkylation sites (tertiary alicyclic amines) is 2. The molecular formula is C27H34FN9O. The Balaban J connectivity index is 1.26. The lowest BCUT2D eigenvalue weighted by Gasteiger charge is -2.43. The molecule has 3 fully saturated rings. The SMILES string of the molecule is CCc1nc2ccccc2n1-c1nc(N2CCOCC2)c2nc(CN3CC(N4CC[C@@H](F)C4)C3)n(C)c2n1. The molecule has 3 saturated heterocycles. The Morgan fingerprint density at radius 1 is 0.974 bits per heavy atom. The number of aromatic nitrogens is 6. The summed E-state index contributed by atoms with van der Waals surface area (Å²) in [5.41, 5.74) is 3.59. The maximum atomic E-state index is 13.7. The van der Waals surface area contributed by atoms with E-state index in [9.17, 15) is 4.39 Å². The summed E-state index contributed by atoms with van der Waals surface area (Å²) in [6, 6.07) is 8.59. The molecule has 11 heteroatoms. The minimum atomic E-state index is -0.670. The summed E-state index contributed by atoms with van der Waals surface area (Å²) in [5.74, 6) is 3.38. The molecule has 3 aliphatic heterocycles. The molecule has 1 atom stereocenters. The molecular weight excluding hydrogens is 485 g/mol.